The molecule has 2 N–H and O–H groups in total. The molecule has 1 aliphatic carbocycles. The Labute approximate surface area is 200 Å². The number of carboxylic acids is 1. The Bertz CT molecular complexity index is 1040. The molecule has 0 radical (unpaired) electrons. The molecule has 0 fully saturated rings. The molecule has 0 saturated carbocycles. The Kier molecular flexibility index (Phi) is 8.03. The van der Waals surface area contributed by atoms with E-state index in [9.17, 15) is 27.6 Å². The molecule has 2 amide bonds. The molecule has 2 aromatic rings. The van der Waals surface area contributed by atoms with Crippen LogP contribution in [-0.4, -0.2) is 59.9 Å². The number of carboxylic acid groups (broad SMARTS) is 1. The van der Waals surface area contributed by atoms with Crippen LogP contribution in [-0.2, 0) is 14.3 Å². The maximum absolute atomic E-state index is 12.8. The lowest BCUT2D eigenvalue weighted by molar-refractivity contribution is -0.166. The number of alkyl carbamates (subject to hydrolysis) is 1. The number of ether oxygens (including phenoxy) is 1. The number of nitrogens with one attached hydrogen (secondary N) is 1. The minimum Gasteiger partial charge on any atom is -0.480 e. The Morgan fingerprint density at radius 1 is 1.03 bits per heavy atom. The molecule has 35 heavy (non-hydrogen) atoms. The molecule has 3 rings (SSSR count). The molecule has 7 nitrogen and oxygen atoms in total. The fourth-order valence-corrected chi connectivity index (χ4v) is 4.17. The Balaban J connectivity index is 1.64. The second-order valence-corrected chi connectivity index (χ2v) is 8.78. The van der Waals surface area contributed by atoms with Crippen molar-refractivity contribution in [2.75, 3.05) is 19.7 Å². The molecule has 10 heteroatoms. The van der Waals surface area contributed by atoms with Gasteiger partial charge in [0.05, 0.1) is 0 Å². The third kappa shape index (κ3) is 6.74. The smallest absolute Gasteiger partial charge is 0.407 e. The van der Waals surface area contributed by atoms with Crippen LogP contribution in [0.15, 0.2) is 48.5 Å². The van der Waals surface area contributed by atoms with E-state index in [4.69, 9.17) is 9.84 Å². The summed E-state index contributed by atoms with van der Waals surface area (Å²) in [6.45, 7) is 0.639. The molecular formula is C25H27F3N2O5. The number of fused-ring (bicyclic) bond motifs is 3. The van der Waals surface area contributed by atoms with Crippen LogP contribution in [0.5, 0.6) is 0 Å². The number of hydrogen-bond acceptors (Lipinski definition) is 4. The average molecular weight is 492 g/mol. The van der Waals surface area contributed by atoms with Crippen LogP contribution >= 0.6 is 0 Å². The van der Waals surface area contributed by atoms with E-state index in [1.165, 1.54) is 0 Å². The van der Waals surface area contributed by atoms with Crippen molar-refractivity contribution in [2.24, 2.45) is 5.92 Å². The number of carbonyl (C=O) groups is 3. The zero-order chi connectivity index (χ0) is 25.8. The van der Waals surface area contributed by atoms with E-state index in [1.807, 2.05) is 48.5 Å². The molecule has 1 atom stereocenters. The summed E-state index contributed by atoms with van der Waals surface area (Å²) in [5, 5.41) is 11.4. The molecule has 0 aromatic heterocycles. The van der Waals surface area contributed by atoms with Gasteiger partial charge in [0.15, 0.2) is 0 Å². The van der Waals surface area contributed by atoms with Gasteiger partial charge in [-0.25, -0.2) is 4.79 Å². The quantitative estimate of drug-likeness (QED) is 0.541. The second-order valence-electron chi connectivity index (χ2n) is 8.78. The molecule has 188 valence electrons. The molecular weight excluding hydrogens is 465 g/mol. The lowest BCUT2D eigenvalue weighted by atomic mass is 9.98. The number of halogens is 3. The van der Waals surface area contributed by atoms with Crippen molar-refractivity contribution in [3.05, 3.63) is 59.7 Å². The molecule has 0 bridgehead atoms. The largest absolute Gasteiger partial charge is 0.480 e. The summed E-state index contributed by atoms with van der Waals surface area (Å²) in [6.07, 6.45) is -6.05. The molecule has 0 saturated heterocycles. The van der Waals surface area contributed by atoms with Gasteiger partial charge in [-0.3, -0.25) is 9.59 Å². The zero-order valence-electron chi connectivity index (χ0n) is 19.3. The van der Waals surface area contributed by atoms with E-state index in [0.29, 0.717) is 0 Å². The first kappa shape index (κ1) is 26.1. The molecule has 2 aromatic carbocycles. The highest BCUT2D eigenvalue weighted by Crippen LogP contribution is 2.44. The molecule has 1 unspecified atom stereocenters. The van der Waals surface area contributed by atoms with Crippen LogP contribution in [0, 0.1) is 5.92 Å². The Morgan fingerprint density at radius 2 is 1.57 bits per heavy atom. The first-order valence-electron chi connectivity index (χ1n) is 11.1. The summed E-state index contributed by atoms with van der Waals surface area (Å²) in [5.74, 6) is -3.09. The number of hydrogen-bond donors (Lipinski definition) is 2. The summed E-state index contributed by atoms with van der Waals surface area (Å²) in [7, 11) is 0. The first-order valence-corrected chi connectivity index (χ1v) is 11.1. The summed E-state index contributed by atoms with van der Waals surface area (Å²) in [4.78, 5) is 36.2. The van der Waals surface area contributed by atoms with Crippen LogP contribution in [0.1, 0.15) is 37.3 Å². The van der Waals surface area contributed by atoms with E-state index in [1.54, 1.807) is 13.8 Å². The van der Waals surface area contributed by atoms with Crippen LogP contribution in [0.25, 0.3) is 11.1 Å². The third-order valence-electron chi connectivity index (χ3n) is 5.90. The van der Waals surface area contributed by atoms with Crippen LogP contribution in [0.2, 0.25) is 0 Å². The zero-order valence-corrected chi connectivity index (χ0v) is 19.3. The maximum atomic E-state index is 12.8. The normalized spacial score (nSPS) is 13.7. The van der Waals surface area contributed by atoms with Crippen molar-refractivity contribution in [3.8, 4) is 11.1 Å². The van der Waals surface area contributed by atoms with Crippen LogP contribution in [0.4, 0.5) is 18.0 Å². The standard InChI is InChI=1S/C25H27F3N2O5/c1-15(2)21(11-22(31)30(12-23(32)33)14-25(26,27)28)29-24(34)35-13-20-18-9-5-3-7-16(18)17-8-4-6-10-19(17)20/h3-10,15,20-21H,11-14H2,1-2H3,(H,29,34)(H,32,33). The van der Waals surface area contributed by atoms with E-state index >= 15 is 0 Å². The monoisotopic (exact) mass is 492 g/mol. The minimum absolute atomic E-state index is 0.0395. The molecule has 1 aliphatic rings. The highest BCUT2D eigenvalue weighted by Gasteiger charge is 2.35. The number of aliphatic carboxylic acids is 1. The third-order valence-corrected chi connectivity index (χ3v) is 5.90. The van der Waals surface area contributed by atoms with Crippen molar-refractivity contribution in [1.82, 2.24) is 10.2 Å². The lowest BCUT2D eigenvalue weighted by Gasteiger charge is -2.27. The highest BCUT2D eigenvalue weighted by atomic mass is 19.4. The summed E-state index contributed by atoms with van der Waals surface area (Å²) < 4.78 is 43.9. The van der Waals surface area contributed by atoms with Crippen molar-refractivity contribution in [3.63, 3.8) is 0 Å². The SMILES string of the molecule is CC(C)C(CC(=O)N(CC(=O)O)CC(F)(F)F)NC(=O)OCC1c2ccccc2-c2ccccc21. The van der Waals surface area contributed by atoms with E-state index in [0.717, 1.165) is 22.3 Å². The van der Waals surface area contributed by atoms with Gasteiger partial charge in [-0.05, 0) is 28.2 Å². The van der Waals surface area contributed by atoms with Gasteiger partial charge in [0.2, 0.25) is 5.91 Å². The Morgan fingerprint density at radius 3 is 2.06 bits per heavy atom. The number of benzene rings is 2. The molecule has 0 spiro atoms. The maximum Gasteiger partial charge on any atom is 0.407 e. The van der Waals surface area contributed by atoms with Gasteiger partial charge in [-0.2, -0.15) is 13.2 Å². The van der Waals surface area contributed by atoms with E-state index < -0.39 is 49.7 Å². The number of amides is 2. The van der Waals surface area contributed by atoms with Crippen LogP contribution < -0.4 is 5.32 Å². The summed E-state index contributed by atoms with van der Waals surface area (Å²) in [5.41, 5.74) is 4.17. The number of carbonyl (C=O) groups excluding carboxylic acids is 2. The van der Waals surface area contributed by atoms with Gasteiger partial charge < -0.3 is 20.1 Å². The van der Waals surface area contributed by atoms with Crippen molar-refractivity contribution in [1.29, 1.82) is 0 Å². The molecule has 0 heterocycles. The predicted octanol–water partition coefficient (Wildman–Crippen LogP) is 4.42. The number of rotatable bonds is 9. The highest BCUT2D eigenvalue weighted by molar-refractivity contribution is 5.82. The second kappa shape index (κ2) is 10.8. The summed E-state index contributed by atoms with van der Waals surface area (Å²) >= 11 is 0. The van der Waals surface area contributed by atoms with Crippen LogP contribution in [0.3, 0.4) is 0 Å². The molecule has 0 aliphatic heterocycles. The van der Waals surface area contributed by atoms with Gasteiger partial charge in [0, 0.05) is 18.4 Å². The average Bonchev–Trinajstić information content (AvgIpc) is 3.09. The van der Waals surface area contributed by atoms with Crippen molar-refractivity contribution >= 4 is 18.0 Å². The van der Waals surface area contributed by atoms with E-state index in [2.05, 4.69) is 5.32 Å². The van der Waals surface area contributed by atoms with Gasteiger partial charge >= 0.3 is 18.2 Å². The van der Waals surface area contributed by atoms with Gasteiger partial charge in [-0.15, -0.1) is 0 Å². The minimum atomic E-state index is -4.75. The fourth-order valence-electron chi connectivity index (χ4n) is 4.17. The number of nitrogens with zero attached hydrogens (tertiary/aromatic N) is 1. The van der Waals surface area contributed by atoms with Gasteiger partial charge in [0.25, 0.3) is 0 Å². The van der Waals surface area contributed by atoms with Gasteiger partial charge in [-0.1, -0.05) is 62.4 Å². The van der Waals surface area contributed by atoms with Gasteiger partial charge in [0.1, 0.15) is 19.7 Å². The fraction of sp³-hybridized carbons (Fsp3) is 0.400. The van der Waals surface area contributed by atoms with Crippen molar-refractivity contribution < 1.29 is 37.4 Å². The lowest BCUT2D eigenvalue weighted by Crippen LogP contribution is -2.47. The number of alkyl halides is 3. The Hall–Kier alpha value is -3.56. The topological polar surface area (TPSA) is 95.9 Å². The van der Waals surface area contributed by atoms with E-state index in [-0.39, 0.29) is 23.3 Å². The predicted molar refractivity (Wildman–Crippen MR) is 122 cm³/mol. The first-order chi connectivity index (χ1) is 16.5. The van der Waals surface area contributed by atoms with Crippen molar-refractivity contribution in [2.45, 2.75) is 38.4 Å². The summed E-state index contributed by atoms with van der Waals surface area (Å²) in [6, 6.07) is 14.8.